The van der Waals surface area contributed by atoms with Gasteiger partial charge in [0.1, 0.15) is 0 Å². The number of nitrogens with one attached hydrogen (secondary N) is 1. The molecule has 0 saturated heterocycles. The molecule has 1 aromatic rings. The van der Waals surface area contributed by atoms with Crippen molar-refractivity contribution in [2.24, 2.45) is 5.73 Å². The summed E-state index contributed by atoms with van der Waals surface area (Å²) in [5.74, 6) is -0.113. The fraction of sp³-hybridized carbons (Fsp3) is 0.500. The molecule has 14 heavy (non-hydrogen) atoms. The Morgan fingerprint density at radius 2 is 2.43 bits per heavy atom. The molecule has 3 nitrogen and oxygen atoms in total. The monoisotopic (exact) mass is 212 g/mol. The highest BCUT2D eigenvalue weighted by Gasteiger charge is 2.26. The van der Waals surface area contributed by atoms with Crippen molar-refractivity contribution in [1.82, 2.24) is 0 Å². The first-order chi connectivity index (χ1) is 6.56. The van der Waals surface area contributed by atoms with E-state index < -0.39 is 5.54 Å². The van der Waals surface area contributed by atoms with Crippen LogP contribution >= 0.6 is 11.3 Å². The van der Waals surface area contributed by atoms with Crippen LogP contribution in [0, 0.1) is 0 Å². The molecule has 0 aliphatic rings. The Morgan fingerprint density at radius 1 is 1.71 bits per heavy atom. The molecular formula is C10H16N2OS. The third-order valence-corrected chi connectivity index (χ3v) is 2.75. The molecule has 0 radical (unpaired) electrons. The first-order valence-electron chi connectivity index (χ1n) is 4.69. The first kappa shape index (κ1) is 11.2. The minimum absolute atomic E-state index is 0.113. The summed E-state index contributed by atoms with van der Waals surface area (Å²) in [6.45, 7) is 3.78. The van der Waals surface area contributed by atoms with Crippen molar-refractivity contribution >= 4 is 22.9 Å². The smallest absolute Gasteiger partial charge is 0.244 e. The highest BCUT2D eigenvalue weighted by Crippen LogP contribution is 2.16. The number of thiophene rings is 1. The number of rotatable bonds is 4. The van der Waals surface area contributed by atoms with Crippen molar-refractivity contribution in [1.29, 1.82) is 0 Å². The molecule has 1 atom stereocenters. The van der Waals surface area contributed by atoms with Crippen molar-refractivity contribution in [2.45, 2.75) is 32.2 Å². The van der Waals surface area contributed by atoms with Crippen LogP contribution in [0.1, 0.15) is 26.7 Å². The fourth-order valence-corrected chi connectivity index (χ4v) is 1.83. The van der Waals surface area contributed by atoms with Gasteiger partial charge in [-0.1, -0.05) is 13.3 Å². The molecule has 1 aromatic heterocycles. The average molecular weight is 212 g/mol. The number of anilines is 1. The molecule has 0 bridgehead atoms. The molecule has 0 aliphatic heterocycles. The second-order valence-corrected chi connectivity index (χ2v) is 4.41. The van der Waals surface area contributed by atoms with E-state index in [4.69, 9.17) is 5.73 Å². The maximum Gasteiger partial charge on any atom is 0.244 e. The highest BCUT2D eigenvalue weighted by molar-refractivity contribution is 7.08. The van der Waals surface area contributed by atoms with E-state index in [0.717, 1.165) is 12.1 Å². The molecule has 1 unspecified atom stereocenters. The molecule has 0 spiro atoms. The van der Waals surface area contributed by atoms with Crippen LogP contribution in [-0.2, 0) is 4.79 Å². The van der Waals surface area contributed by atoms with Crippen molar-refractivity contribution in [2.75, 3.05) is 5.32 Å². The number of carbonyl (C=O) groups excluding carboxylic acids is 1. The maximum absolute atomic E-state index is 11.7. The molecule has 0 aliphatic carbocycles. The molecule has 1 rings (SSSR count). The Bertz CT molecular complexity index is 293. The van der Waals surface area contributed by atoms with E-state index in [1.807, 2.05) is 23.8 Å². The second-order valence-electron chi connectivity index (χ2n) is 3.63. The van der Waals surface area contributed by atoms with E-state index >= 15 is 0 Å². The molecule has 4 heteroatoms. The average Bonchev–Trinajstić information content (AvgIpc) is 2.56. The van der Waals surface area contributed by atoms with Gasteiger partial charge in [0.25, 0.3) is 0 Å². The molecule has 0 aromatic carbocycles. The van der Waals surface area contributed by atoms with E-state index in [1.54, 1.807) is 18.3 Å². The quantitative estimate of drug-likeness (QED) is 0.804. The van der Waals surface area contributed by atoms with Crippen LogP contribution in [0.4, 0.5) is 5.69 Å². The summed E-state index contributed by atoms with van der Waals surface area (Å²) in [4.78, 5) is 11.7. The van der Waals surface area contributed by atoms with Crippen LogP contribution in [0.2, 0.25) is 0 Å². The summed E-state index contributed by atoms with van der Waals surface area (Å²) in [7, 11) is 0. The van der Waals surface area contributed by atoms with Crippen molar-refractivity contribution in [3.63, 3.8) is 0 Å². The summed E-state index contributed by atoms with van der Waals surface area (Å²) < 4.78 is 0. The number of nitrogens with two attached hydrogens (primary N) is 1. The van der Waals surface area contributed by atoms with Crippen molar-refractivity contribution < 1.29 is 4.79 Å². The zero-order valence-electron chi connectivity index (χ0n) is 8.54. The number of hydrogen-bond acceptors (Lipinski definition) is 3. The number of amides is 1. The highest BCUT2D eigenvalue weighted by atomic mass is 32.1. The molecule has 0 saturated carbocycles. The van der Waals surface area contributed by atoms with Crippen LogP contribution in [0.25, 0.3) is 0 Å². The molecular weight excluding hydrogens is 196 g/mol. The Labute approximate surface area is 88.3 Å². The van der Waals surface area contributed by atoms with Crippen molar-refractivity contribution in [3.05, 3.63) is 16.8 Å². The zero-order valence-corrected chi connectivity index (χ0v) is 9.36. The lowest BCUT2D eigenvalue weighted by molar-refractivity contribution is -0.120. The Hall–Kier alpha value is -0.870. The lowest BCUT2D eigenvalue weighted by atomic mass is 9.96. The predicted molar refractivity (Wildman–Crippen MR) is 60.4 cm³/mol. The molecule has 1 amide bonds. The van der Waals surface area contributed by atoms with Gasteiger partial charge in [0, 0.05) is 5.38 Å². The van der Waals surface area contributed by atoms with Gasteiger partial charge in [-0.05, 0) is 24.8 Å². The summed E-state index contributed by atoms with van der Waals surface area (Å²) in [5, 5.41) is 6.60. The van der Waals surface area contributed by atoms with Crippen molar-refractivity contribution in [3.8, 4) is 0 Å². The van der Waals surface area contributed by atoms with E-state index in [0.29, 0.717) is 6.42 Å². The SMILES string of the molecule is CCCC(C)(N)C(=O)Nc1ccsc1. The molecule has 3 N–H and O–H groups in total. The summed E-state index contributed by atoms with van der Waals surface area (Å²) in [6, 6.07) is 1.87. The van der Waals surface area contributed by atoms with Gasteiger partial charge in [-0.3, -0.25) is 4.79 Å². The second kappa shape index (κ2) is 4.57. The van der Waals surface area contributed by atoms with E-state index in [9.17, 15) is 4.79 Å². The van der Waals surface area contributed by atoms with Gasteiger partial charge < -0.3 is 11.1 Å². The van der Waals surface area contributed by atoms with Crippen LogP contribution in [0.3, 0.4) is 0 Å². The first-order valence-corrected chi connectivity index (χ1v) is 5.63. The molecule has 1 heterocycles. The van der Waals surface area contributed by atoms with Crippen LogP contribution in [-0.4, -0.2) is 11.4 Å². The van der Waals surface area contributed by atoms with Gasteiger partial charge in [0.2, 0.25) is 5.91 Å². The van der Waals surface area contributed by atoms with Gasteiger partial charge in [0.05, 0.1) is 11.2 Å². The van der Waals surface area contributed by atoms with E-state index in [2.05, 4.69) is 5.32 Å². The summed E-state index contributed by atoms with van der Waals surface area (Å²) in [5.41, 5.74) is 5.94. The van der Waals surface area contributed by atoms with Gasteiger partial charge in [-0.2, -0.15) is 11.3 Å². The molecule has 78 valence electrons. The number of hydrogen-bond donors (Lipinski definition) is 2. The molecule has 0 fully saturated rings. The minimum atomic E-state index is -0.767. The normalized spacial score (nSPS) is 14.8. The Morgan fingerprint density at radius 3 is 2.93 bits per heavy atom. The Balaban J connectivity index is 2.57. The lowest BCUT2D eigenvalue weighted by Gasteiger charge is -2.22. The van der Waals surface area contributed by atoms with Gasteiger partial charge in [-0.15, -0.1) is 0 Å². The minimum Gasteiger partial charge on any atom is -0.324 e. The summed E-state index contributed by atoms with van der Waals surface area (Å²) >= 11 is 1.55. The van der Waals surface area contributed by atoms with Crippen LogP contribution in [0.5, 0.6) is 0 Å². The predicted octanol–water partition coefficient (Wildman–Crippen LogP) is 2.20. The maximum atomic E-state index is 11.7. The largest absolute Gasteiger partial charge is 0.324 e. The van der Waals surface area contributed by atoms with Crippen LogP contribution in [0.15, 0.2) is 16.8 Å². The zero-order chi connectivity index (χ0) is 10.6. The standard InChI is InChI=1S/C10H16N2OS/c1-3-5-10(2,11)9(13)12-8-4-6-14-7-8/h4,6-7H,3,5,11H2,1-2H3,(H,12,13). The number of carbonyl (C=O) groups is 1. The Kier molecular flexibility index (Phi) is 3.66. The topological polar surface area (TPSA) is 55.1 Å². The van der Waals surface area contributed by atoms with E-state index in [-0.39, 0.29) is 5.91 Å². The van der Waals surface area contributed by atoms with Gasteiger partial charge in [-0.25, -0.2) is 0 Å². The van der Waals surface area contributed by atoms with Crippen LogP contribution < -0.4 is 11.1 Å². The third-order valence-electron chi connectivity index (χ3n) is 2.07. The van der Waals surface area contributed by atoms with Gasteiger partial charge >= 0.3 is 0 Å². The van der Waals surface area contributed by atoms with E-state index in [1.165, 1.54) is 0 Å². The third kappa shape index (κ3) is 2.82. The van der Waals surface area contributed by atoms with Gasteiger partial charge in [0.15, 0.2) is 0 Å². The fourth-order valence-electron chi connectivity index (χ4n) is 1.24. The lowest BCUT2D eigenvalue weighted by Crippen LogP contribution is -2.48. The summed E-state index contributed by atoms with van der Waals surface area (Å²) in [6.07, 6.45) is 1.60.